The van der Waals surface area contributed by atoms with Crippen LogP contribution in [0.1, 0.15) is 23.5 Å². The van der Waals surface area contributed by atoms with E-state index in [4.69, 9.17) is 21.4 Å². The number of carbonyl (C=O) groups excluding carboxylic acids is 1. The zero-order valence-electron chi connectivity index (χ0n) is 14.2. The zero-order valence-corrected chi connectivity index (χ0v) is 14.9. The second kappa shape index (κ2) is 7.62. The van der Waals surface area contributed by atoms with Crippen LogP contribution in [0, 0.1) is 0 Å². The highest BCUT2D eigenvalue weighted by Crippen LogP contribution is 2.32. The summed E-state index contributed by atoms with van der Waals surface area (Å²) in [6.45, 7) is 0.605. The van der Waals surface area contributed by atoms with Gasteiger partial charge in [0.05, 0.1) is 7.11 Å². The molecule has 1 aliphatic heterocycles. The van der Waals surface area contributed by atoms with Gasteiger partial charge in [-0.15, -0.1) is 0 Å². The molecule has 1 unspecified atom stereocenters. The number of methoxy groups -OCH3 is 1. The van der Waals surface area contributed by atoms with Crippen LogP contribution in [-0.4, -0.2) is 30.6 Å². The van der Waals surface area contributed by atoms with E-state index >= 15 is 0 Å². The van der Waals surface area contributed by atoms with Crippen molar-refractivity contribution < 1.29 is 19.4 Å². The van der Waals surface area contributed by atoms with Crippen molar-refractivity contribution in [1.82, 2.24) is 0 Å². The molecule has 5 nitrogen and oxygen atoms in total. The Labute approximate surface area is 156 Å². The first-order chi connectivity index (χ1) is 12.5. The molecule has 2 aromatic carbocycles. The van der Waals surface area contributed by atoms with E-state index in [2.05, 4.69) is 0 Å². The van der Waals surface area contributed by atoms with Gasteiger partial charge in [0, 0.05) is 29.6 Å². The first-order valence-electron chi connectivity index (χ1n) is 8.13. The van der Waals surface area contributed by atoms with Gasteiger partial charge in [-0.05, 0) is 41.5 Å². The summed E-state index contributed by atoms with van der Waals surface area (Å²) < 4.78 is 4.83. The Kier molecular flexibility index (Phi) is 5.28. The normalized spacial score (nSPS) is 17.5. The fourth-order valence-corrected chi connectivity index (χ4v) is 3.15. The summed E-state index contributed by atoms with van der Waals surface area (Å²) in [5.74, 6) is -1.06. The minimum absolute atomic E-state index is 0.0776. The second-order valence-corrected chi connectivity index (χ2v) is 6.50. The first-order valence-corrected chi connectivity index (χ1v) is 8.50. The Bertz CT molecular complexity index is 843. The van der Waals surface area contributed by atoms with Gasteiger partial charge in [0.1, 0.15) is 0 Å². The number of rotatable bonds is 5. The average Bonchev–Trinajstić information content (AvgIpc) is 3.02. The number of amides is 1. The summed E-state index contributed by atoms with van der Waals surface area (Å²) in [7, 11) is 1.32. The van der Waals surface area contributed by atoms with Crippen LogP contribution in [0.5, 0.6) is 0 Å². The molecule has 0 radical (unpaired) electrons. The third kappa shape index (κ3) is 3.89. The number of carboxylic acid groups (broad SMARTS) is 1. The quantitative estimate of drug-likeness (QED) is 0.638. The molecular formula is C20H18ClNO4. The molecule has 0 aromatic heterocycles. The van der Waals surface area contributed by atoms with Crippen LogP contribution < -0.4 is 4.90 Å². The third-order valence-electron chi connectivity index (χ3n) is 4.40. The van der Waals surface area contributed by atoms with Crippen molar-refractivity contribution in [2.45, 2.75) is 12.3 Å². The Morgan fingerprint density at radius 2 is 1.85 bits per heavy atom. The van der Waals surface area contributed by atoms with E-state index in [1.165, 1.54) is 13.2 Å². The fourth-order valence-electron chi connectivity index (χ4n) is 3.03. The van der Waals surface area contributed by atoms with Crippen LogP contribution in [0.4, 0.5) is 5.69 Å². The van der Waals surface area contributed by atoms with Crippen LogP contribution in [0.15, 0.2) is 54.3 Å². The van der Waals surface area contributed by atoms with Crippen LogP contribution in [0.25, 0.3) is 6.08 Å². The SMILES string of the molecule is COC(=Cc1ccc(C2CC(=O)N(c3ccc(Cl)cc3)C2)cc1)C(=O)O. The van der Waals surface area contributed by atoms with Crippen molar-refractivity contribution in [2.24, 2.45) is 0 Å². The van der Waals surface area contributed by atoms with Crippen molar-refractivity contribution in [3.8, 4) is 0 Å². The van der Waals surface area contributed by atoms with E-state index in [0.717, 1.165) is 16.8 Å². The number of aliphatic carboxylic acids is 1. The number of ether oxygens (including phenoxy) is 1. The Morgan fingerprint density at radius 3 is 2.42 bits per heavy atom. The van der Waals surface area contributed by atoms with Crippen molar-refractivity contribution >= 4 is 35.2 Å². The summed E-state index contributed by atoms with van der Waals surface area (Å²) in [5.41, 5.74) is 2.61. The predicted octanol–water partition coefficient (Wildman–Crippen LogP) is 3.93. The van der Waals surface area contributed by atoms with Gasteiger partial charge in [-0.1, -0.05) is 35.9 Å². The molecule has 134 valence electrons. The standard InChI is InChI=1S/C20H18ClNO4/c1-26-18(20(24)25)10-13-2-4-14(5-3-13)15-11-19(23)22(12-15)17-8-6-16(21)7-9-17/h2-10,15H,11-12H2,1H3,(H,24,25). The first kappa shape index (κ1) is 18.0. The van der Waals surface area contributed by atoms with E-state index in [-0.39, 0.29) is 17.6 Å². The zero-order chi connectivity index (χ0) is 18.7. The summed E-state index contributed by atoms with van der Waals surface area (Å²) in [4.78, 5) is 25.1. The van der Waals surface area contributed by atoms with E-state index in [1.54, 1.807) is 17.0 Å². The molecule has 26 heavy (non-hydrogen) atoms. The lowest BCUT2D eigenvalue weighted by Gasteiger charge is -2.17. The largest absolute Gasteiger partial charge is 0.490 e. The van der Waals surface area contributed by atoms with Gasteiger partial charge in [0.2, 0.25) is 11.7 Å². The van der Waals surface area contributed by atoms with Crippen molar-refractivity contribution in [3.05, 3.63) is 70.4 Å². The molecule has 0 saturated carbocycles. The Balaban J connectivity index is 1.75. The molecule has 1 amide bonds. The molecule has 1 heterocycles. The Hall–Kier alpha value is -2.79. The van der Waals surface area contributed by atoms with Gasteiger partial charge in [0.25, 0.3) is 0 Å². The lowest BCUT2D eigenvalue weighted by atomic mass is 9.97. The van der Waals surface area contributed by atoms with Crippen molar-refractivity contribution in [1.29, 1.82) is 0 Å². The second-order valence-electron chi connectivity index (χ2n) is 6.07. The summed E-state index contributed by atoms with van der Waals surface area (Å²) in [6.07, 6.45) is 1.90. The van der Waals surface area contributed by atoms with E-state index in [1.807, 2.05) is 36.4 Å². The van der Waals surface area contributed by atoms with Crippen LogP contribution in [0.2, 0.25) is 5.02 Å². The molecule has 1 fully saturated rings. The van der Waals surface area contributed by atoms with E-state index < -0.39 is 5.97 Å². The van der Waals surface area contributed by atoms with Crippen LogP contribution in [0.3, 0.4) is 0 Å². The highest BCUT2D eigenvalue weighted by Gasteiger charge is 2.31. The average molecular weight is 372 g/mol. The molecule has 0 spiro atoms. The maximum absolute atomic E-state index is 12.4. The number of hydrogen-bond acceptors (Lipinski definition) is 3. The molecular weight excluding hydrogens is 354 g/mol. The molecule has 0 aliphatic carbocycles. The fraction of sp³-hybridized carbons (Fsp3) is 0.200. The Morgan fingerprint density at radius 1 is 1.19 bits per heavy atom. The smallest absolute Gasteiger partial charge is 0.371 e. The number of carboxylic acids is 1. The monoisotopic (exact) mass is 371 g/mol. The van der Waals surface area contributed by atoms with Crippen molar-refractivity contribution in [3.63, 3.8) is 0 Å². The highest BCUT2D eigenvalue weighted by molar-refractivity contribution is 6.30. The summed E-state index contributed by atoms with van der Waals surface area (Å²) >= 11 is 5.91. The number of carbonyl (C=O) groups is 2. The van der Waals surface area contributed by atoms with Crippen LogP contribution in [-0.2, 0) is 14.3 Å². The van der Waals surface area contributed by atoms with Gasteiger partial charge in [-0.2, -0.15) is 0 Å². The molecule has 1 saturated heterocycles. The minimum atomic E-state index is -1.11. The van der Waals surface area contributed by atoms with E-state index in [0.29, 0.717) is 18.0 Å². The molecule has 1 atom stereocenters. The lowest BCUT2D eigenvalue weighted by molar-refractivity contribution is -0.135. The van der Waals surface area contributed by atoms with Crippen LogP contribution >= 0.6 is 11.6 Å². The van der Waals surface area contributed by atoms with Gasteiger partial charge < -0.3 is 14.7 Å². The number of nitrogens with zero attached hydrogens (tertiary/aromatic N) is 1. The van der Waals surface area contributed by atoms with Gasteiger partial charge in [-0.25, -0.2) is 4.79 Å². The number of halogens is 1. The number of anilines is 1. The maximum Gasteiger partial charge on any atom is 0.371 e. The molecule has 1 N–H and O–H groups in total. The van der Waals surface area contributed by atoms with Gasteiger partial charge in [-0.3, -0.25) is 4.79 Å². The minimum Gasteiger partial charge on any atom is -0.490 e. The molecule has 0 bridgehead atoms. The molecule has 6 heteroatoms. The number of benzene rings is 2. The van der Waals surface area contributed by atoms with Gasteiger partial charge >= 0.3 is 5.97 Å². The third-order valence-corrected chi connectivity index (χ3v) is 4.65. The van der Waals surface area contributed by atoms with Gasteiger partial charge in [0.15, 0.2) is 0 Å². The number of hydrogen-bond donors (Lipinski definition) is 1. The lowest BCUT2D eigenvalue weighted by Crippen LogP contribution is -2.24. The maximum atomic E-state index is 12.4. The van der Waals surface area contributed by atoms with E-state index in [9.17, 15) is 9.59 Å². The molecule has 2 aromatic rings. The molecule has 3 rings (SSSR count). The highest BCUT2D eigenvalue weighted by atomic mass is 35.5. The predicted molar refractivity (Wildman–Crippen MR) is 100 cm³/mol. The summed E-state index contributed by atoms with van der Waals surface area (Å²) in [6, 6.07) is 14.7. The molecule has 1 aliphatic rings. The van der Waals surface area contributed by atoms with Crippen molar-refractivity contribution in [2.75, 3.05) is 18.6 Å². The summed E-state index contributed by atoms with van der Waals surface area (Å²) in [5, 5.41) is 9.64. The topological polar surface area (TPSA) is 66.8 Å².